The lowest BCUT2D eigenvalue weighted by molar-refractivity contribution is 0.0461. The number of nitrogens with one attached hydrogen (secondary N) is 1. The van der Waals surface area contributed by atoms with Crippen molar-refractivity contribution in [3.8, 4) is 0 Å². The van der Waals surface area contributed by atoms with Crippen LogP contribution in [0.3, 0.4) is 0 Å². The minimum atomic E-state index is -3.39. The highest BCUT2D eigenvalue weighted by Crippen LogP contribution is 2.23. The van der Waals surface area contributed by atoms with Gasteiger partial charge in [-0.2, -0.15) is 0 Å². The molecule has 0 saturated carbocycles. The summed E-state index contributed by atoms with van der Waals surface area (Å²) in [6.07, 6.45) is 3.92. The summed E-state index contributed by atoms with van der Waals surface area (Å²) >= 11 is 5.82. The van der Waals surface area contributed by atoms with E-state index in [0.29, 0.717) is 31.0 Å². The second-order valence-corrected chi connectivity index (χ2v) is 8.69. The molecule has 25 heavy (non-hydrogen) atoms. The van der Waals surface area contributed by atoms with Crippen molar-refractivity contribution in [3.05, 3.63) is 29.0 Å². The highest BCUT2D eigenvalue weighted by molar-refractivity contribution is 7.88. The van der Waals surface area contributed by atoms with E-state index in [2.05, 4.69) is 9.71 Å². The molecular weight excluding hydrogens is 366 g/mol. The van der Waals surface area contributed by atoms with Crippen LogP contribution in [0.15, 0.2) is 18.3 Å². The normalized spacial score (nSPS) is 21.4. The summed E-state index contributed by atoms with van der Waals surface area (Å²) in [4.78, 5) is 18.1. The van der Waals surface area contributed by atoms with Gasteiger partial charge in [-0.15, -0.1) is 0 Å². The lowest BCUT2D eigenvalue weighted by Crippen LogP contribution is -2.58. The molecule has 1 aromatic heterocycles. The van der Waals surface area contributed by atoms with Crippen LogP contribution in [0.2, 0.25) is 5.15 Å². The van der Waals surface area contributed by atoms with Crippen molar-refractivity contribution >= 4 is 27.7 Å². The predicted molar refractivity (Wildman–Crippen MR) is 96.1 cm³/mol. The summed E-state index contributed by atoms with van der Waals surface area (Å²) in [5.74, 6) is 0. The summed E-state index contributed by atoms with van der Waals surface area (Å²) in [5.41, 5.74) is 0.874. The highest BCUT2D eigenvalue weighted by Gasteiger charge is 2.36. The van der Waals surface area contributed by atoms with Crippen LogP contribution >= 0.6 is 11.6 Å². The van der Waals surface area contributed by atoms with E-state index in [0.717, 1.165) is 11.8 Å². The molecule has 0 radical (unpaired) electrons. The Morgan fingerprint density at radius 1 is 1.48 bits per heavy atom. The van der Waals surface area contributed by atoms with Gasteiger partial charge in [-0.3, -0.25) is 0 Å². The lowest BCUT2D eigenvalue weighted by atomic mass is 9.92. The maximum Gasteiger partial charge on any atom is 0.410 e. The molecule has 1 aromatic rings. The van der Waals surface area contributed by atoms with E-state index in [4.69, 9.17) is 16.3 Å². The van der Waals surface area contributed by atoms with Crippen LogP contribution < -0.4 is 4.72 Å². The van der Waals surface area contributed by atoms with E-state index < -0.39 is 16.1 Å². The molecule has 1 amide bonds. The number of pyridine rings is 1. The predicted octanol–water partition coefficient (Wildman–Crippen LogP) is 2.20. The fourth-order valence-corrected chi connectivity index (χ4v) is 3.92. The number of carbonyl (C=O) groups is 1. The maximum absolute atomic E-state index is 12.5. The summed E-state index contributed by atoms with van der Waals surface area (Å²) in [7, 11) is -3.39. The molecule has 0 bridgehead atoms. The number of likely N-dealkylation sites (tertiary alicyclic amines) is 1. The van der Waals surface area contributed by atoms with Crippen molar-refractivity contribution in [1.29, 1.82) is 0 Å². The highest BCUT2D eigenvalue weighted by atomic mass is 35.5. The Morgan fingerprint density at radius 3 is 2.76 bits per heavy atom. The third kappa shape index (κ3) is 6.13. The topological polar surface area (TPSA) is 88.6 Å². The first-order chi connectivity index (χ1) is 11.7. The van der Waals surface area contributed by atoms with Gasteiger partial charge >= 0.3 is 6.09 Å². The van der Waals surface area contributed by atoms with Crippen molar-refractivity contribution in [1.82, 2.24) is 14.6 Å². The number of halogens is 1. The van der Waals surface area contributed by atoms with Crippen molar-refractivity contribution in [2.45, 2.75) is 51.3 Å². The fourth-order valence-electron chi connectivity index (χ4n) is 2.99. The zero-order valence-electron chi connectivity index (χ0n) is 14.6. The standard InChI is InChI=1S/C16H24ClN3O4S/c1-11(2)24-16(21)20-8-4-5-13(19-25(3,22)23)14(20)9-12-6-7-15(17)18-10-12/h6-7,10-11,13-14,19H,4-5,8-9H2,1-3H3/t13-,14-/m0/s1. The van der Waals surface area contributed by atoms with Crippen LogP contribution in [-0.2, 0) is 21.2 Å². The minimum Gasteiger partial charge on any atom is -0.447 e. The van der Waals surface area contributed by atoms with E-state index in [-0.39, 0.29) is 18.2 Å². The average Bonchev–Trinajstić information content (AvgIpc) is 2.49. The third-order valence-corrected chi connectivity index (χ3v) is 4.90. The molecule has 7 nitrogen and oxygen atoms in total. The van der Waals surface area contributed by atoms with Crippen LogP contribution in [0, 0.1) is 0 Å². The maximum atomic E-state index is 12.5. The zero-order valence-corrected chi connectivity index (χ0v) is 16.2. The Hall–Kier alpha value is -1.38. The number of piperidine rings is 1. The van der Waals surface area contributed by atoms with Gasteiger partial charge in [-0.25, -0.2) is 22.9 Å². The first-order valence-corrected chi connectivity index (χ1v) is 10.5. The molecule has 0 aromatic carbocycles. The quantitative estimate of drug-likeness (QED) is 0.780. The van der Waals surface area contributed by atoms with Gasteiger partial charge in [0.25, 0.3) is 0 Å². The second kappa shape index (κ2) is 8.33. The molecule has 0 aliphatic carbocycles. The largest absolute Gasteiger partial charge is 0.447 e. The number of sulfonamides is 1. The minimum absolute atomic E-state index is 0.242. The Morgan fingerprint density at radius 2 is 2.20 bits per heavy atom. The van der Waals surface area contributed by atoms with Crippen molar-refractivity contribution < 1.29 is 17.9 Å². The monoisotopic (exact) mass is 389 g/mol. The first kappa shape index (κ1) is 19.9. The van der Waals surface area contributed by atoms with E-state index in [1.807, 2.05) is 6.07 Å². The van der Waals surface area contributed by atoms with Crippen LogP contribution in [0.1, 0.15) is 32.3 Å². The number of aromatic nitrogens is 1. The molecule has 1 aliphatic rings. The number of hydrogen-bond acceptors (Lipinski definition) is 5. The summed E-state index contributed by atoms with van der Waals surface area (Å²) in [5, 5.41) is 0.384. The third-order valence-electron chi connectivity index (χ3n) is 3.95. The smallest absolute Gasteiger partial charge is 0.410 e. The molecule has 1 aliphatic heterocycles. The molecule has 140 valence electrons. The molecule has 1 saturated heterocycles. The molecule has 2 rings (SSSR count). The molecular formula is C16H24ClN3O4S. The van der Waals surface area contributed by atoms with Gasteiger partial charge in [0, 0.05) is 18.8 Å². The van der Waals surface area contributed by atoms with E-state index in [9.17, 15) is 13.2 Å². The van der Waals surface area contributed by atoms with E-state index in [1.165, 1.54) is 0 Å². The summed E-state index contributed by atoms with van der Waals surface area (Å²) < 4.78 is 31.4. The zero-order chi connectivity index (χ0) is 18.6. The van der Waals surface area contributed by atoms with Crippen LogP contribution in [-0.4, -0.2) is 55.4 Å². The molecule has 2 heterocycles. The van der Waals surface area contributed by atoms with Gasteiger partial charge in [0.1, 0.15) is 5.15 Å². The van der Waals surface area contributed by atoms with Gasteiger partial charge in [-0.1, -0.05) is 17.7 Å². The Labute approximate surface area is 153 Å². The average molecular weight is 390 g/mol. The van der Waals surface area contributed by atoms with Gasteiger partial charge in [0.2, 0.25) is 10.0 Å². The van der Waals surface area contributed by atoms with E-state index in [1.54, 1.807) is 31.0 Å². The number of ether oxygens (including phenoxy) is 1. The molecule has 1 fully saturated rings. The number of carbonyl (C=O) groups excluding carboxylic acids is 1. The van der Waals surface area contributed by atoms with Gasteiger partial charge < -0.3 is 9.64 Å². The van der Waals surface area contributed by atoms with E-state index >= 15 is 0 Å². The Kier molecular flexibility index (Phi) is 6.65. The van der Waals surface area contributed by atoms with Crippen molar-refractivity contribution in [2.24, 2.45) is 0 Å². The van der Waals surface area contributed by atoms with Crippen LogP contribution in [0.5, 0.6) is 0 Å². The Balaban J connectivity index is 2.26. The molecule has 2 atom stereocenters. The van der Waals surface area contributed by atoms with Crippen molar-refractivity contribution in [2.75, 3.05) is 12.8 Å². The SMILES string of the molecule is CC(C)OC(=O)N1CCC[C@H](NS(C)(=O)=O)[C@@H]1Cc1ccc(Cl)nc1. The number of amides is 1. The summed E-state index contributed by atoms with van der Waals surface area (Å²) in [6.45, 7) is 4.09. The number of hydrogen-bond donors (Lipinski definition) is 1. The number of rotatable bonds is 5. The van der Waals surface area contributed by atoms with Gasteiger partial charge in [0.05, 0.1) is 18.4 Å². The summed E-state index contributed by atoms with van der Waals surface area (Å²) in [6, 6.07) is 2.78. The van der Waals surface area contributed by atoms with Crippen LogP contribution in [0.25, 0.3) is 0 Å². The lowest BCUT2D eigenvalue weighted by Gasteiger charge is -2.41. The van der Waals surface area contributed by atoms with Crippen LogP contribution in [0.4, 0.5) is 4.79 Å². The van der Waals surface area contributed by atoms with Gasteiger partial charge in [0.15, 0.2) is 0 Å². The Bertz CT molecular complexity index is 694. The molecule has 0 unspecified atom stereocenters. The first-order valence-electron chi connectivity index (χ1n) is 8.20. The molecule has 9 heteroatoms. The second-order valence-electron chi connectivity index (χ2n) is 6.53. The number of nitrogens with zero attached hydrogens (tertiary/aromatic N) is 2. The molecule has 1 N–H and O–H groups in total. The van der Waals surface area contributed by atoms with Crippen molar-refractivity contribution in [3.63, 3.8) is 0 Å². The molecule has 0 spiro atoms. The van der Waals surface area contributed by atoms with Gasteiger partial charge in [-0.05, 0) is 44.7 Å². The fraction of sp³-hybridized carbons (Fsp3) is 0.625.